The van der Waals surface area contributed by atoms with E-state index in [1.165, 1.54) is 11.1 Å². The van der Waals surface area contributed by atoms with Gasteiger partial charge in [0.1, 0.15) is 6.61 Å². The number of rotatable bonds is 6. The normalized spacial score (nSPS) is 13.9. The zero-order chi connectivity index (χ0) is 16.8. The molecule has 0 radical (unpaired) electrons. The van der Waals surface area contributed by atoms with Crippen molar-refractivity contribution in [1.82, 2.24) is 10.0 Å². The predicted octanol–water partition coefficient (Wildman–Crippen LogP) is 3.42. The molecule has 1 N–H and O–H groups in total. The summed E-state index contributed by atoms with van der Waals surface area (Å²) in [6.07, 6.45) is 3.75. The summed E-state index contributed by atoms with van der Waals surface area (Å²) in [4.78, 5) is 14.8. The van der Waals surface area contributed by atoms with Crippen molar-refractivity contribution in [3.8, 4) is 0 Å². The van der Waals surface area contributed by atoms with E-state index in [4.69, 9.17) is 4.84 Å². The smallest absolute Gasteiger partial charge is 0.223 e. The second-order valence-electron chi connectivity index (χ2n) is 5.69. The average Bonchev–Trinajstić information content (AvgIpc) is 3.08. The van der Waals surface area contributed by atoms with E-state index in [1.54, 1.807) is 6.20 Å². The number of aliphatic imine (C=N–C) groups is 1. The minimum atomic E-state index is 0.442. The Balaban J connectivity index is 1.70. The van der Waals surface area contributed by atoms with E-state index in [0.29, 0.717) is 6.61 Å². The lowest BCUT2D eigenvalue weighted by molar-refractivity contribution is -0.104. The Morgan fingerprint density at radius 2 is 1.88 bits per heavy atom. The number of aromatic nitrogens is 1. The molecule has 0 saturated carbocycles. The molecule has 0 fully saturated rings. The Morgan fingerprint density at radius 3 is 2.54 bits per heavy atom. The number of hydrogen-bond donors (Lipinski definition) is 1. The topological polar surface area (TPSA) is 49.8 Å². The number of nitrogens with one attached hydrogen (secondary N) is 1. The molecule has 2 aromatic rings. The molecule has 126 valence electrons. The van der Waals surface area contributed by atoms with Gasteiger partial charge in [-0.2, -0.15) is 0 Å². The summed E-state index contributed by atoms with van der Waals surface area (Å²) in [6, 6.07) is 12.3. The first-order chi connectivity index (χ1) is 11.8. The molecule has 2 heterocycles. The Kier molecular flexibility index (Phi) is 5.43. The minimum Gasteiger partial charge on any atom is -0.324 e. The number of aryl methyl sites for hydroxylation is 2. The fourth-order valence-corrected chi connectivity index (χ4v) is 2.80. The fourth-order valence-electron chi connectivity index (χ4n) is 2.80. The third-order valence-electron chi connectivity index (χ3n) is 4.13. The molecule has 5 nitrogen and oxygen atoms in total. The van der Waals surface area contributed by atoms with Crippen LogP contribution in [0.4, 0.5) is 5.69 Å². The molecule has 0 saturated heterocycles. The zero-order valence-corrected chi connectivity index (χ0v) is 14.3. The Bertz CT molecular complexity index is 678. The molecule has 3 rings (SSSR count). The number of guanidine groups is 1. The highest BCUT2D eigenvalue weighted by atomic mass is 16.7. The van der Waals surface area contributed by atoms with Crippen LogP contribution in [0.15, 0.2) is 47.6 Å². The van der Waals surface area contributed by atoms with Crippen LogP contribution in [-0.4, -0.2) is 29.1 Å². The van der Waals surface area contributed by atoms with Gasteiger partial charge in [0, 0.05) is 11.9 Å². The monoisotopic (exact) mass is 324 g/mol. The standard InChI is InChI=1S/C19H24N4O/c1-3-15-8-7-9-16(4-2)18(15)22-19-21-12-13-23(19)24-14-17-10-5-6-11-20-17/h5-11H,3-4,12-14H2,1-2H3,(H,21,22). The summed E-state index contributed by atoms with van der Waals surface area (Å²) >= 11 is 0. The maximum absolute atomic E-state index is 5.90. The number of para-hydroxylation sites is 1. The van der Waals surface area contributed by atoms with Gasteiger partial charge in [0.2, 0.25) is 5.96 Å². The zero-order valence-electron chi connectivity index (χ0n) is 14.3. The number of benzene rings is 1. The van der Waals surface area contributed by atoms with Crippen molar-refractivity contribution in [3.63, 3.8) is 0 Å². The second-order valence-corrected chi connectivity index (χ2v) is 5.69. The number of pyridine rings is 1. The molecular weight excluding hydrogens is 300 g/mol. The van der Waals surface area contributed by atoms with E-state index < -0.39 is 0 Å². The highest BCUT2D eigenvalue weighted by Crippen LogP contribution is 2.23. The maximum atomic E-state index is 5.90. The van der Waals surface area contributed by atoms with Crippen LogP contribution in [0.25, 0.3) is 0 Å². The van der Waals surface area contributed by atoms with Crippen LogP contribution < -0.4 is 5.32 Å². The molecule has 1 aromatic carbocycles. The van der Waals surface area contributed by atoms with Crippen LogP contribution in [0, 0.1) is 0 Å². The van der Waals surface area contributed by atoms with Crippen molar-refractivity contribution < 1.29 is 4.84 Å². The van der Waals surface area contributed by atoms with Gasteiger partial charge in [-0.3, -0.25) is 9.82 Å². The van der Waals surface area contributed by atoms with E-state index in [9.17, 15) is 0 Å². The van der Waals surface area contributed by atoms with Crippen LogP contribution in [0.1, 0.15) is 30.7 Å². The first-order valence-electron chi connectivity index (χ1n) is 8.54. The molecule has 0 atom stereocenters. The summed E-state index contributed by atoms with van der Waals surface area (Å²) in [5.41, 5.74) is 4.67. The van der Waals surface area contributed by atoms with Gasteiger partial charge in [0.05, 0.1) is 18.8 Å². The molecule has 1 aliphatic heterocycles. The van der Waals surface area contributed by atoms with Gasteiger partial charge in [-0.05, 0) is 36.1 Å². The predicted molar refractivity (Wildman–Crippen MR) is 96.9 cm³/mol. The summed E-state index contributed by atoms with van der Waals surface area (Å²) in [5.74, 6) is 0.779. The molecule has 5 heteroatoms. The molecular formula is C19H24N4O. The molecule has 1 aromatic heterocycles. The summed E-state index contributed by atoms with van der Waals surface area (Å²) in [5, 5.41) is 5.33. The van der Waals surface area contributed by atoms with Crippen LogP contribution in [0.5, 0.6) is 0 Å². The Morgan fingerprint density at radius 1 is 1.08 bits per heavy atom. The first-order valence-corrected chi connectivity index (χ1v) is 8.54. The third-order valence-corrected chi connectivity index (χ3v) is 4.13. The molecule has 0 spiro atoms. The largest absolute Gasteiger partial charge is 0.324 e. The highest BCUT2D eigenvalue weighted by Gasteiger charge is 2.20. The van der Waals surface area contributed by atoms with Crippen molar-refractivity contribution in [3.05, 3.63) is 59.4 Å². The lowest BCUT2D eigenvalue weighted by atomic mass is 10.0. The first kappa shape index (κ1) is 16.5. The lowest BCUT2D eigenvalue weighted by Gasteiger charge is -2.22. The van der Waals surface area contributed by atoms with Gasteiger partial charge >= 0.3 is 0 Å². The Hall–Kier alpha value is -2.40. The SMILES string of the molecule is CCc1cccc(CC)c1NC1=NCCN1OCc1ccccn1. The number of anilines is 1. The van der Waals surface area contributed by atoms with E-state index in [2.05, 4.69) is 47.3 Å². The van der Waals surface area contributed by atoms with E-state index in [0.717, 1.165) is 43.3 Å². The molecule has 0 amide bonds. The summed E-state index contributed by atoms with van der Waals surface area (Å²) < 4.78 is 0. The van der Waals surface area contributed by atoms with Gasteiger partial charge in [-0.25, -0.2) is 10.1 Å². The van der Waals surface area contributed by atoms with Crippen LogP contribution in [0.3, 0.4) is 0 Å². The molecule has 1 aliphatic rings. The molecule has 0 aliphatic carbocycles. The van der Waals surface area contributed by atoms with Crippen molar-refractivity contribution >= 4 is 11.6 Å². The number of hydrogen-bond acceptors (Lipinski definition) is 5. The number of nitrogens with zero attached hydrogens (tertiary/aromatic N) is 3. The van der Waals surface area contributed by atoms with Crippen molar-refractivity contribution in [2.75, 3.05) is 18.4 Å². The van der Waals surface area contributed by atoms with Gasteiger partial charge in [-0.1, -0.05) is 38.1 Å². The summed E-state index contributed by atoms with van der Waals surface area (Å²) in [6.45, 7) is 6.28. The summed E-state index contributed by atoms with van der Waals surface area (Å²) in [7, 11) is 0. The number of hydroxylamine groups is 2. The third kappa shape index (κ3) is 3.74. The minimum absolute atomic E-state index is 0.442. The van der Waals surface area contributed by atoms with Gasteiger partial charge in [0.15, 0.2) is 0 Å². The average molecular weight is 324 g/mol. The van der Waals surface area contributed by atoms with Gasteiger partial charge in [-0.15, -0.1) is 0 Å². The fraction of sp³-hybridized carbons (Fsp3) is 0.368. The van der Waals surface area contributed by atoms with Crippen molar-refractivity contribution in [2.24, 2.45) is 4.99 Å². The van der Waals surface area contributed by atoms with E-state index in [-0.39, 0.29) is 0 Å². The van der Waals surface area contributed by atoms with Crippen LogP contribution in [0.2, 0.25) is 0 Å². The van der Waals surface area contributed by atoms with Crippen LogP contribution in [-0.2, 0) is 24.3 Å². The lowest BCUT2D eigenvalue weighted by Crippen LogP contribution is -2.33. The van der Waals surface area contributed by atoms with Crippen molar-refractivity contribution in [1.29, 1.82) is 0 Å². The maximum Gasteiger partial charge on any atom is 0.223 e. The van der Waals surface area contributed by atoms with E-state index >= 15 is 0 Å². The van der Waals surface area contributed by atoms with Crippen molar-refractivity contribution in [2.45, 2.75) is 33.3 Å². The second kappa shape index (κ2) is 7.93. The quantitative estimate of drug-likeness (QED) is 0.884. The molecule has 0 unspecified atom stereocenters. The molecule has 0 bridgehead atoms. The highest BCUT2D eigenvalue weighted by molar-refractivity contribution is 5.95. The van der Waals surface area contributed by atoms with E-state index in [1.807, 2.05) is 23.3 Å². The Labute approximate surface area is 143 Å². The van der Waals surface area contributed by atoms with Gasteiger partial charge in [0.25, 0.3) is 0 Å². The molecule has 24 heavy (non-hydrogen) atoms. The van der Waals surface area contributed by atoms with Gasteiger partial charge < -0.3 is 5.32 Å². The van der Waals surface area contributed by atoms with Crippen LogP contribution >= 0.6 is 0 Å².